The van der Waals surface area contributed by atoms with E-state index >= 15 is 0 Å². The smallest absolute Gasteiger partial charge is 0.151 e. The van der Waals surface area contributed by atoms with Crippen LogP contribution in [0.3, 0.4) is 0 Å². The molecule has 1 fully saturated rings. The molecule has 2 atom stereocenters. The van der Waals surface area contributed by atoms with E-state index in [2.05, 4.69) is 90.4 Å². The molecule has 1 N–H and O–H groups in total. The number of benzene rings is 1. The number of rotatable bonds is 4. The van der Waals surface area contributed by atoms with Crippen LogP contribution in [-0.2, 0) is 5.41 Å². The topological polar surface area (TPSA) is 42.7 Å². The first-order chi connectivity index (χ1) is 11.9. The molecule has 0 spiro atoms. The highest BCUT2D eigenvalue weighted by Crippen LogP contribution is 2.31. The maximum atomic E-state index is 4.67. The zero-order valence-corrected chi connectivity index (χ0v) is 17.0. The van der Waals surface area contributed by atoms with E-state index in [0.717, 1.165) is 36.8 Å². The minimum atomic E-state index is -0.0385. The summed E-state index contributed by atoms with van der Waals surface area (Å²) in [6, 6.07) is 8.75. The summed E-state index contributed by atoms with van der Waals surface area (Å²) in [5.74, 6) is 2.93. The Balaban J connectivity index is 2.04. The number of hydrogen-bond donors (Lipinski definition) is 3. The molecule has 1 aliphatic heterocycles. The van der Waals surface area contributed by atoms with E-state index < -0.39 is 0 Å². The fourth-order valence-corrected chi connectivity index (χ4v) is 3.65. The van der Waals surface area contributed by atoms with Crippen LogP contribution in [0.1, 0.15) is 62.0 Å². The molecule has 3 rings (SSSR count). The van der Waals surface area contributed by atoms with Crippen molar-refractivity contribution in [2.75, 3.05) is 18.8 Å². The predicted octanol–water partition coefficient (Wildman–Crippen LogP) is 3.93. The summed E-state index contributed by atoms with van der Waals surface area (Å²) in [5, 5.41) is 12.5. The standard InChI is InChI=1S/C19H28N4S2/c1-19(2,3)14-6-8-15(9-7-14)23-17(13-5-4-10-20-11-13)21-22-18(23)16(25)12-24/h6-9,13,16,20,24-25H,4-5,10-12H2,1-3H3. The van der Waals surface area contributed by atoms with Gasteiger partial charge < -0.3 is 5.32 Å². The van der Waals surface area contributed by atoms with Crippen molar-refractivity contribution in [3.63, 3.8) is 0 Å². The molecular weight excluding hydrogens is 348 g/mol. The summed E-state index contributed by atoms with van der Waals surface area (Å²) in [5.41, 5.74) is 2.57. The molecule has 0 bridgehead atoms. The lowest BCUT2D eigenvalue weighted by molar-refractivity contribution is 0.442. The van der Waals surface area contributed by atoms with Gasteiger partial charge in [-0.1, -0.05) is 32.9 Å². The minimum Gasteiger partial charge on any atom is -0.316 e. The summed E-state index contributed by atoms with van der Waals surface area (Å²) in [7, 11) is 0. The molecule has 4 nitrogen and oxygen atoms in total. The van der Waals surface area contributed by atoms with Crippen molar-refractivity contribution in [3.05, 3.63) is 41.5 Å². The van der Waals surface area contributed by atoms with Crippen LogP contribution in [0.2, 0.25) is 0 Å². The van der Waals surface area contributed by atoms with Crippen molar-refractivity contribution >= 4 is 25.3 Å². The van der Waals surface area contributed by atoms with Gasteiger partial charge in [-0.15, -0.1) is 10.2 Å². The SMILES string of the molecule is CC(C)(C)c1ccc(-n2c(C(S)CS)nnc2C2CCCNC2)cc1. The Kier molecular flexibility index (Phi) is 5.81. The van der Waals surface area contributed by atoms with E-state index in [1.165, 1.54) is 12.0 Å². The van der Waals surface area contributed by atoms with E-state index in [0.29, 0.717) is 11.7 Å². The van der Waals surface area contributed by atoms with E-state index in [1.807, 2.05) is 0 Å². The number of nitrogens with zero attached hydrogens (tertiary/aromatic N) is 3. The molecule has 1 aromatic heterocycles. The summed E-state index contributed by atoms with van der Waals surface area (Å²) < 4.78 is 2.19. The molecule has 0 saturated carbocycles. The third-order valence-corrected chi connectivity index (χ3v) is 5.90. The minimum absolute atomic E-state index is 0.0385. The Bertz CT molecular complexity index is 697. The molecule has 1 aromatic carbocycles. The maximum absolute atomic E-state index is 4.67. The van der Waals surface area contributed by atoms with E-state index in [4.69, 9.17) is 0 Å². The van der Waals surface area contributed by atoms with Gasteiger partial charge in [-0.25, -0.2) is 0 Å². The summed E-state index contributed by atoms with van der Waals surface area (Å²) in [4.78, 5) is 0. The predicted molar refractivity (Wildman–Crippen MR) is 110 cm³/mol. The first-order valence-electron chi connectivity index (χ1n) is 8.97. The van der Waals surface area contributed by atoms with Gasteiger partial charge in [0.05, 0.1) is 5.25 Å². The van der Waals surface area contributed by atoms with Gasteiger partial charge in [0.1, 0.15) is 5.82 Å². The number of thiol groups is 2. The summed E-state index contributed by atoms with van der Waals surface area (Å²) >= 11 is 9.07. The zero-order valence-electron chi connectivity index (χ0n) is 15.2. The van der Waals surface area contributed by atoms with Crippen LogP contribution in [0, 0.1) is 0 Å². The largest absolute Gasteiger partial charge is 0.316 e. The van der Waals surface area contributed by atoms with Crippen LogP contribution in [0.4, 0.5) is 0 Å². The average molecular weight is 377 g/mol. The summed E-state index contributed by atoms with van der Waals surface area (Å²) in [6.07, 6.45) is 2.32. The van der Waals surface area contributed by atoms with Crippen molar-refractivity contribution in [1.82, 2.24) is 20.1 Å². The first-order valence-corrected chi connectivity index (χ1v) is 10.1. The van der Waals surface area contributed by atoms with Gasteiger partial charge in [-0.2, -0.15) is 25.3 Å². The second kappa shape index (κ2) is 7.72. The molecule has 6 heteroatoms. The maximum Gasteiger partial charge on any atom is 0.151 e. The lowest BCUT2D eigenvalue weighted by atomic mass is 9.87. The lowest BCUT2D eigenvalue weighted by Crippen LogP contribution is -2.30. The molecular formula is C19H28N4S2. The number of nitrogens with one attached hydrogen (secondary N) is 1. The normalized spacial score (nSPS) is 19.8. The molecule has 0 amide bonds. The highest BCUT2D eigenvalue weighted by Gasteiger charge is 2.26. The Morgan fingerprint density at radius 2 is 1.96 bits per heavy atom. The van der Waals surface area contributed by atoms with Crippen LogP contribution < -0.4 is 5.32 Å². The van der Waals surface area contributed by atoms with Gasteiger partial charge in [-0.05, 0) is 42.5 Å². The summed E-state index contributed by atoms with van der Waals surface area (Å²) in [6.45, 7) is 8.74. The molecule has 2 heterocycles. The lowest BCUT2D eigenvalue weighted by Gasteiger charge is -2.24. The van der Waals surface area contributed by atoms with E-state index in [1.54, 1.807) is 0 Å². The van der Waals surface area contributed by atoms with E-state index in [9.17, 15) is 0 Å². The third-order valence-electron chi connectivity index (χ3n) is 4.84. The van der Waals surface area contributed by atoms with Gasteiger partial charge in [0, 0.05) is 23.9 Å². The Morgan fingerprint density at radius 3 is 2.52 bits per heavy atom. The second-order valence-corrected chi connectivity index (χ2v) is 8.78. The van der Waals surface area contributed by atoms with Crippen molar-refractivity contribution < 1.29 is 0 Å². The Hall–Kier alpha value is -0.980. The van der Waals surface area contributed by atoms with Crippen LogP contribution >= 0.6 is 25.3 Å². The van der Waals surface area contributed by atoms with Gasteiger partial charge in [0.15, 0.2) is 5.82 Å². The van der Waals surface area contributed by atoms with Crippen molar-refractivity contribution in [2.45, 2.75) is 50.2 Å². The quantitative estimate of drug-likeness (QED) is 0.708. The highest BCUT2D eigenvalue weighted by atomic mass is 32.1. The van der Waals surface area contributed by atoms with Crippen LogP contribution in [-0.4, -0.2) is 33.6 Å². The molecule has 25 heavy (non-hydrogen) atoms. The van der Waals surface area contributed by atoms with Crippen LogP contribution in [0.15, 0.2) is 24.3 Å². The molecule has 0 aliphatic carbocycles. The Morgan fingerprint density at radius 1 is 1.24 bits per heavy atom. The molecule has 1 saturated heterocycles. The fraction of sp³-hybridized carbons (Fsp3) is 0.579. The molecule has 1 aliphatic rings. The van der Waals surface area contributed by atoms with Crippen molar-refractivity contribution in [3.8, 4) is 5.69 Å². The number of aromatic nitrogens is 3. The van der Waals surface area contributed by atoms with Gasteiger partial charge in [0.2, 0.25) is 0 Å². The van der Waals surface area contributed by atoms with E-state index in [-0.39, 0.29) is 10.7 Å². The number of hydrogen-bond acceptors (Lipinski definition) is 5. The molecule has 0 radical (unpaired) electrons. The fourth-order valence-electron chi connectivity index (χ4n) is 3.32. The van der Waals surface area contributed by atoms with Gasteiger partial charge in [0.25, 0.3) is 0 Å². The van der Waals surface area contributed by atoms with Gasteiger partial charge >= 0.3 is 0 Å². The molecule has 2 unspecified atom stereocenters. The van der Waals surface area contributed by atoms with Crippen molar-refractivity contribution in [2.24, 2.45) is 0 Å². The average Bonchev–Trinajstić information content (AvgIpc) is 3.06. The van der Waals surface area contributed by atoms with Crippen LogP contribution in [0.5, 0.6) is 0 Å². The molecule has 136 valence electrons. The number of piperidine rings is 1. The van der Waals surface area contributed by atoms with Gasteiger partial charge in [-0.3, -0.25) is 4.57 Å². The third kappa shape index (κ3) is 4.07. The van der Waals surface area contributed by atoms with Crippen LogP contribution in [0.25, 0.3) is 5.69 Å². The first kappa shape index (κ1) is 18.8. The second-order valence-electron chi connectivity index (χ2n) is 7.79. The molecule has 2 aromatic rings. The highest BCUT2D eigenvalue weighted by molar-refractivity contribution is 7.84. The Labute approximate surface area is 161 Å². The zero-order chi connectivity index (χ0) is 18.0. The monoisotopic (exact) mass is 376 g/mol. The van der Waals surface area contributed by atoms with Crippen molar-refractivity contribution in [1.29, 1.82) is 0 Å².